The van der Waals surface area contributed by atoms with Crippen LogP contribution in [-0.2, 0) is 6.42 Å². The number of aliphatic imine (C=N–C) groups is 1. The van der Waals surface area contributed by atoms with Gasteiger partial charge in [-0.2, -0.15) is 0 Å². The van der Waals surface area contributed by atoms with Crippen LogP contribution in [0.15, 0.2) is 68.9 Å². The second-order valence-corrected chi connectivity index (χ2v) is 8.64. The second kappa shape index (κ2) is 5.96. The van der Waals surface area contributed by atoms with Crippen LogP contribution in [0.25, 0.3) is 32.7 Å². The van der Waals surface area contributed by atoms with Crippen molar-refractivity contribution in [3.63, 3.8) is 0 Å². The highest BCUT2D eigenvalue weighted by atomic mass is 79.9. The Morgan fingerprint density at radius 3 is 2.46 bits per heavy atom. The lowest BCUT2D eigenvalue weighted by Gasteiger charge is -2.08. The first-order valence-electron chi connectivity index (χ1n) is 8.89. The van der Waals surface area contributed by atoms with E-state index in [4.69, 9.17) is 4.99 Å². The summed E-state index contributed by atoms with van der Waals surface area (Å²) in [5.41, 5.74) is 7.36. The zero-order chi connectivity index (χ0) is 18.8. The number of nitrogens with one attached hydrogen (secondary N) is 1. The van der Waals surface area contributed by atoms with Crippen LogP contribution in [0.4, 0.5) is 5.69 Å². The summed E-state index contributed by atoms with van der Waals surface area (Å²) in [4.78, 5) is 17.7. The third kappa shape index (κ3) is 2.25. The summed E-state index contributed by atoms with van der Waals surface area (Å²) in [5, 5.41) is 3.34. The van der Waals surface area contributed by atoms with E-state index in [1.807, 2.05) is 36.8 Å². The quantitative estimate of drug-likeness (QED) is 0.273. The van der Waals surface area contributed by atoms with E-state index in [2.05, 4.69) is 65.0 Å². The smallest absolute Gasteiger partial charge is 0.0986 e. The third-order valence-electron chi connectivity index (χ3n) is 5.31. The van der Waals surface area contributed by atoms with Crippen molar-refractivity contribution in [1.29, 1.82) is 0 Å². The van der Waals surface area contributed by atoms with E-state index in [1.54, 1.807) is 0 Å². The molecule has 134 valence electrons. The molecule has 0 saturated carbocycles. The first-order valence-corrected chi connectivity index (χ1v) is 10.5. The molecule has 1 N–H and O–H groups in total. The van der Waals surface area contributed by atoms with E-state index < -0.39 is 0 Å². The molecule has 6 rings (SSSR count). The van der Waals surface area contributed by atoms with E-state index in [0.29, 0.717) is 0 Å². The van der Waals surface area contributed by atoms with E-state index in [1.165, 1.54) is 5.56 Å². The molecule has 4 nitrogen and oxygen atoms in total. The van der Waals surface area contributed by atoms with Crippen molar-refractivity contribution in [2.24, 2.45) is 4.99 Å². The summed E-state index contributed by atoms with van der Waals surface area (Å²) < 4.78 is 2.07. The maximum absolute atomic E-state index is 5.08. The maximum Gasteiger partial charge on any atom is 0.0986 e. The van der Waals surface area contributed by atoms with Crippen LogP contribution in [0.2, 0.25) is 0 Å². The fraction of sp³-hybridized carbons (Fsp3) is 0.0455. The molecule has 0 radical (unpaired) electrons. The van der Waals surface area contributed by atoms with Crippen LogP contribution < -0.4 is 0 Å². The molecule has 4 heterocycles. The van der Waals surface area contributed by atoms with Gasteiger partial charge in [0.05, 0.1) is 27.9 Å². The van der Waals surface area contributed by atoms with Crippen molar-refractivity contribution in [3.05, 3.63) is 75.1 Å². The first-order chi connectivity index (χ1) is 13.7. The van der Waals surface area contributed by atoms with Gasteiger partial charge >= 0.3 is 0 Å². The molecule has 0 spiro atoms. The molecule has 6 heteroatoms. The van der Waals surface area contributed by atoms with Gasteiger partial charge in [-0.15, -0.1) is 0 Å². The minimum Gasteiger partial charge on any atom is -0.360 e. The maximum atomic E-state index is 5.08. The van der Waals surface area contributed by atoms with Gasteiger partial charge in [-0.05, 0) is 51.8 Å². The summed E-state index contributed by atoms with van der Waals surface area (Å²) in [7, 11) is 0. The number of H-pyrrole nitrogens is 1. The predicted molar refractivity (Wildman–Crippen MR) is 121 cm³/mol. The summed E-state index contributed by atoms with van der Waals surface area (Å²) in [6.07, 6.45) is 6.47. The molecule has 0 amide bonds. The zero-order valence-electron chi connectivity index (χ0n) is 14.5. The van der Waals surface area contributed by atoms with Gasteiger partial charge in [0, 0.05) is 55.7 Å². The number of pyridine rings is 2. The van der Waals surface area contributed by atoms with Gasteiger partial charge in [-0.25, -0.2) is 0 Å². The standard InChI is InChI=1S/C22H12Br2N4/c23-11-7-14-16(10-27-20(14)17(24)8-11)18-9-15-12-3-1-5-25-21(12)22-13(19(15)28-18)4-2-6-26-22/h1-8,10,27H,9H2. The average molecular weight is 492 g/mol. The van der Waals surface area contributed by atoms with E-state index in [9.17, 15) is 0 Å². The Hall–Kier alpha value is -2.57. The van der Waals surface area contributed by atoms with E-state index in [0.717, 1.165) is 65.0 Å². The summed E-state index contributed by atoms with van der Waals surface area (Å²) in [6.45, 7) is 0. The van der Waals surface area contributed by atoms with Gasteiger partial charge in [0.15, 0.2) is 0 Å². The summed E-state index contributed by atoms with van der Waals surface area (Å²) in [5.74, 6) is 0. The molecule has 0 aliphatic carbocycles. The number of halogens is 2. The number of rotatable bonds is 1. The van der Waals surface area contributed by atoms with Crippen molar-refractivity contribution < 1.29 is 0 Å². The van der Waals surface area contributed by atoms with Gasteiger partial charge in [0.25, 0.3) is 0 Å². The van der Waals surface area contributed by atoms with Crippen LogP contribution in [0.1, 0.15) is 11.1 Å². The molecule has 0 atom stereocenters. The highest BCUT2D eigenvalue weighted by Crippen LogP contribution is 2.42. The molecule has 28 heavy (non-hydrogen) atoms. The van der Waals surface area contributed by atoms with Crippen LogP contribution in [0.3, 0.4) is 0 Å². The molecule has 2 aromatic carbocycles. The monoisotopic (exact) mass is 490 g/mol. The van der Waals surface area contributed by atoms with Crippen LogP contribution in [-0.4, -0.2) is 20.7 Å². The minimum absolute atomic E-state index is 0.777. The predicted octanol–water partition coefficient (Wildman–Crippen LogP) is 6.47. The van der Waals surface area contributed by atoms with Crippen molar-refractivity contribution >= 4 is 76.0 Å². The number of fused-ring (bicyclic) bond motifs is 7. The SMILES string of the molecule is Brc1cc(Br)c2[nH]cc(C3=Nc4c(c5cccnc5c5ncccc45)C3)c2c1. The van der Waals surface area contributed by atoms with Crippen LogP contribution >= 0.6 is 31.9 Å². The van der Waals surface area contributed by atoms with E-state index >= 15 is 0 Å². The molecular weight excluding hydrogens is 480 g/mol. The van der Waals surface area contributed by atoms with Crippen molar-refractivity contribution in [1.82, 2.24) is 15.0 Å². The molecule has 0 saturated heterocycles. The Balaban J connectivity index is 1.64. The third-order valence-corrected chi connectivity index (χ3v) is 6.40. The largest absolute Gasteiger partial charge is 0.360 e. The number of benzene rings is 2. The lowest BCUT2D eigenvalue weighted by Crippen LogP contribution is -2.00. The number of aromatic nitrogens is 3. The van der Waals surface area contributed by atoms with Crippen molar-refractivity contribution in [2.75, 3.05) is 0 Å². The van der Waals surface area contributed by atoms with Gasteiger partial charge in [-0.1, -0.05) is 22.0 Å². The fourth-order valence-corrected chi connectivity index (χ4v) is 5.45. The lowest BCUT2D eigenvalue weighted by molar-refractivity contribution is 1.35. The molecule has 3 aromatic heterocycles. The minimum atomic E-state index is 0.777. The van der Waals surface area contributed by atoms with Crippen LogP contribution in [0.5, 0.6) is 0 Å². The highest BCUT2D eigenvalue weighted by Gasteiger charge is 2.24. The second-order valence-electron chi connectivity index (χ2n) is 6.87. The normalized spacial score (nSPS) is 13.4. The first kappa shape index (κ1) is 16.4. The Kier molecular flexibility index (Phi) is 3.49. The van der Waals surface area contributed by atoms with Crippen LogP contribution in [0, 0.1) is 0 Å². The van der Waals surface area contributed by atoms with Gasteiger partial charge in [0.1, 0.15) is 0 Å². The average Bonchev–Trinajstić information content (AvgIpc) is 3.33. The number of hydrogen-bond donors (Lipinski definition) is 1. The van der Waals surface area contributed by atoms with E-state index in [-0.39, 0.29) is 0 Å². The Labute approximate surface area is 177 Å². The Bertz CT molecular complexity index is 1470. The molecule has 1 aliphatic rings. The topological polar surface area (TPSA) is 53.9 Å². The molecule has 0 unspecified atom stereocenters. The number of hydrogen-bond acceptors (Lipinski definition) is 3. The number of aromatic amines is 1. The molecule has 0 fully saturated rings. The van der Waals surface area contributed by atoms with Gasteiger partial charge in [0.2, 0.25) is 0 Å². The molecule has 0 bridgehead atoms. The summed E-state index contributed by atoms with van der Waals surface area (Å²) in [6, 6.07) is 12.3. The van der Waals surface area contributed by atoms with Gasteiger partial charge in [-0.3, -0.25) is 15.0 Å². The van der Waals surface area contributed by atoms with Crippen molar-refractivity contribution in [2.45, 2.75) is 6.42 Å². The Morgan fingerprint density at radius 2 is 1.64 bits per heavy atom. The molecule has 5 aromatic rings. The summed E-state index contributed by atoms with van der Waals surface area (Å²) >= 11 is 7.25. The van der Waals surface area contributed by atoms with Gasteiger partial charge < -0.3 is 4.98 Å². The fourth-order valence-electron chi connectivity index (χ4n) is 4.11. The number of nitrogens with zero attached hydrogens (tertiary/aromatic N) is 3. The van der Waals surface area contributed by atoms with Crippen molar-refractivity contribution in [3.8, 4) is 0 Å². The molecule has 1 aliphatic heterocycles. The lowest BCUT2D eigenvalue weighted by atomic mass is 9.98. The highest BCUT2D eigenvalue weighted by molar-refractivity contribution is 9.11. The Morgan fingerprint density at radius 1 is 0.893 bits per heavy atom. The zero-order valence-corrected chi connectivity index (χ0v) is 17.7. The molecular formula is C22H12Br2N4.